The van der Waals surface area contributed by atoms with Gasteiger partial charge in [-0.2, -0.15) is 0 Å². The van der Waals surface area contributed by atoms with E-state index in [1.165, 1.54) is 12.1 Å². The highest BCUT2D eigenvalue weighted by molar-refractivity contribution is 6.01. The van der Waals surface area contributed by atoms with Gasteiger partial charge in [0.15, 0.2) is 0 Å². The summed E-state index contributed by atoms with van der Waals surface area (Å²) < 4.78 is 6.09. The number of phenols is 1. The molecule has 224 valence electrons. The Morgan fingerprint density at radius 3 is 2.60 bits per heavy atom. The largest absolute Gasteiger partial charge is 0.508 e. The van der Waals surface area contributed by atoms with Crippen molar-refractivity contribution in [2.24, 2.45) is 0 Å². The molecule has 0 aliphatic carbocycles. The minimum Gasteiger partial charge on any atom is -0.508 e. The van der Waals surface area contributed by atoms with E-state index in [2.05, 4.69) is 20.9 Å². The Labute approximate surface area is 249 Å². The van der Waals surface area contributed by atoms with E-state index in [1.807, 2.05) is 12.1 Å². The van der Waals surface area contributed by atoms with Gasteiger partial charge in [-0.1, -0.05) is 30.3 Å². The maximum absolute atomic E-state index is 13.9. The molecule has 4 N–H and O–H groups in total. The van der Waals surface area contributed by atoms with Crippen LogP contribution in [0.2, 0.25) is 0 Å². The number of aromatic nitrogens is 1. The molecular weight excluding hydrogens is 550 g/mol. The van der Waals surface area contributed by atoms with Gasteiger partial charge in [-0.25, -0.2) is 0 Å². The number of carbonyl (C=O) groups is 4. The van der Waals surface area contributed by atoms with E-state index in [4.69, 9.17) is 4.74 Å². The topological polar surface area (TPSA) is 150 Å². The van der Waals surface area contributed by atoms with Crippen molar-refractivity contribution in [1.29, 1.82) is 0 Å². The molecule has 2 aliphatic heterocycles. The van der Waals surface area contributed by atoms with E-state index in [0.717, 1.165) is 24.1 Å². The summed E-state index contributed by atoms with van der Waals surface area (Å²) in [6.45, 7) is 0.938. The number of fused-ring (bicyclic) bond motifs is 2. The highest BCUT2D eigenvalue weighted by Crippen LogP contribution is 2.24. The maximum atomic E-state index is 13.9. The van der Waals surface area contributed by atoms with Crippen molar-refractivity contribution in [3.05, 3.63) is 89.7 Å². The number of pyridine rings is 1. The summed E-state index contributed by atoms with van der Waals surface area (Å²) in [7, 11) is 0. The molecule has 0 unspecified atom stereocenters. The summed E-state index contributed by atoms with van der Waals surface area (Å²) in [5.41, 5.74) is 1.76. The Kier molecular flexibility index (Phi) is 9.50. The van der Waals surface area contributed by atoms with Gasteiger partial charge < -0.3 is 30.7 Å². The van der Waals surface area contributed by atoms with Gasteiger partial charge >= 0.3 is 0 Å². The number of nitrogens with one attached hydrogen (secondary N) is 3. The number of aromatic hydroxyl groups is 1. The first-order valence-electron chi connectivity index (χ1n) is 14.5. The minimum atomic E-state index is -1.21. The predicted molar refractivity (Wildman–Crippen MR) is 157 cm³/mol. The first-order chi connectivity index (χ1) is 20.9. The Morgan fingerprint density at radius 2 is 1.81 bits per heavy atom. The summed E-state index contributed by atoms with van der Waals surface area (Å²) in [4.78, 5) is 60.0. The van der Waals surface area contributed by atoms with Crippen molar-refractivity contribution in [1.82, 2.24) is 25.8 Å². The molecule has 0 radical (unpaired) electrons. The lowest BCUT2D eigenvalue weighted by Crippen LogP contribution is -2.54. The van der Waals surface area contributed by atoms with Crippen LogP contribution in [-0.2, 0) is 27.2 Å². The smallest absolute Gasteiger partial charge is 0.255 e. The van der Waals surface area contributed by atoms with Gasteiger partial charge in [0.1, 0.15) is 30.2 Å². The second-order valence-electron chi connectivity index (χ2n) is 10.7. The zero-order valence-corrected chi connectivity index (χ0v) is 23.7. The molecule has 11 nitrogen and oxygen atoms in total. The molecule has 1 saturated heterocycles. The van der Waals surface area contributed by atoms with Crippen molar-refractivity contribution in [3.8, 4) is 11.5 Å². The summed E-state index contributed by atoms with van der Waals surface area (Å²) in [6, 6.07) is 16.3. The zero-order valence-electron chi connectivity index (χ0n) is 23.7. The second kappa shape index (κ2) is 13.8. The molecule has 3 heterocycles. The van der Waals surface area contributed by atoms with Crippen LogP contribution >= 0.6 is 0 Å². The molecule has 4 amide bonds. The molecule has 2 aromatic carbocycles. The number of hydrogen-bond donors (Lipinski definition) is 4. The maximum Gasteiger partial charge on any atom is 0.255 e. The number of benzene rings is 2. The monoisotopic (exact) mass is 585 g/mol. The Morgan fingerprint density at radius 1 is 1.02 bits per heavy atom. The average molecular weight is 586 g/mol. The third-order valence-electron chi connectivity index (χ3n) is 7.65. The van der Waals surface area contributed by atoms with Gasteiger partial charge in [0, 0.05) is 37.8 Å². The van der Waals surface area contributed by atoms with E-state index in [0.29, 0.717) is 18.7 Å². The van der Waals surface area contributed by atoms with E-state index in [1.54, 1.807) is 53.6 Å². The van der Waals surface area contributed by atoms with Gasteiger partial charge in [0.2, 0.25) is 17.7 Å². The summed E-state index contributed by atoms with van der Waals surface area (Å²) in [5, 5.41) is 18.0. The molecule has 0 spiro atoms. The third-order valence-corrected chi connectivity index (χ3v) is 7.65. The number of hydrogen-bond acceptors (Lipinski definition) is 7. The minimum absolute atomic E-state index is 0.0924. The van der Waals surface area contributed by atoms with Crippen LogP contribution in [0, 0.1) is 0 Å². The lowest BCUT2D eigenvalue weighted by molar-refractivity contribution is -0.138. The van der Waals surface area contributed by atoms with E-state index >= 15 is 0 Å². The van der Waals surface area contributed by atoms with Gasteiger partial charge in [-0.3, -0.25) is 24.2 Å². The van der Waals surface area contributed by atoms with Gasteiger partial charge in [-0.15, -0.1) is 0 Å². The molecule has 2 aliphatic rings. The van der Waals surface area contributed by atoms with E-state index < -0.39 is 29.8 Å². The summed E-state index contributed by atoms with van der Waals surface area (Å²) in [6.07, 6.45) is 3.44. The van der Waals surface area contributed by atoms with Crippen molar-refractivity contribution in [2.45, 2.75) is 50.2 Å². The fraction of sp³-hybridized carbons (Fsp3) is 0.344. The van der Waals surface area contributed by atoms with Crippen LogP contribution in [0.3, 0.4) is 0 Å². The van der Waals surface area contributed by atoms with E-state index in [-0.39, 0.29) is 49.3 Å². The first kappa shape index (κ1) is 29.6. The quantitative estimate of drug-likeness (QED) is 0.344. The number of rotatable bonds is 6. The molecule has 11 heteroatoms. The molecule has 43 heavy (non-hydrogen) atoms. The number of amides is 4. The standard InChI is InChI=1S/C32H35N5O6/c38-24-12-10-21(11-13-24)18-27-32(42)37-17-5-7-23(37)20-43-28-9-2-1-8-25(28)30(40)36-26(19-29(39)35-27)31(41)34-16-14-22-6-3-4-15-33-22/h1-4,6,8-13,15,23,26-27,38H,5,7,14,16-20H2,(H,34,41)(H,35,39)(H,36,40)/t23-,26+,27+/m1/s1. The average Bonchev–Trinajstić information content (AvgIpc) is 3.49. The van der Waals surface area contributed by atoms with Gasteiger partial charge in [0.05, 0.1) is 18.0 Å². The van der Waals surface area contributed by atoms with E-state index in [9.17, 15) is 24.3 Å². The van der Waals surface area contributed by atoms with Crippen molar-refractivity contribution >= 4 is 23.6 Å². The van der Waals surface area contributed by atoms with Crippen LogP contribution in [0.1, 0.15) is 40.9 Å². The third kappa shape index (κ3) is 7.68. The number of nitrogens with zero attached hydrogens (tertiary/aromatic N) is 2. The Balaban J connectivity index is 1.40. The van der Waals surface area contributed by atoms with Gasteiger partial charge in [-0.05, 0) is 54.8 Å². The first-order valence-corrected chi connectivity index (χ1v) is 14.5. The molecule has 3 aromatic rings. The van der Waals surface area contributed by atoms with Crippen molar-refractivity contribution < 1.29 is 29.0 Å². The summed E-state index contributed by atoms with van der Waals surface area (Å²) in [5.74, 6) is -1.47. The van der Waals surface area contributed by atoms with Crippen LogP contribution < -0.4 is 20.7 Å². The predicted octanol–water partition coefficient (Wildman–Crippen LogP) is 1.75. The number of phenolic OH excluding ortho intramolecular Hbond substituents is 1. The SMILES string of the molecule is O=C1C[C@@H](C(=O)NCCc2ccccn2)NC(=O)c2ccccc2OC[C@H]2CCCN2C(=O)[C@H](Cc2ccc(O)cc2)N1. The molecule has 0 bridgehead atoms. The zero-order chi connectivity index (χ0) is 30.2. The highest BCUT2D eigenvalue weighted by atomic mass is 16.5. The number of carbonyl (C=O) groups excluding carboxylic acids is 4. The fourth-order valence-electron chi connectivity index (χ4n) is 5.40. The summed E-state index contributed by atoms with van der Waals surface area (Å²) >= 11 is 0. The Hall–Kier alpha value is -4.93. The lowest BCUT2D eigenvalue weighted by Gasteiger charge is -2.30. The molecule has 5 rings (SSSR count). The normalized spacial score (nSPS) is 21.0. The second-order valence-corrected chi connectivity index (χ2v) is 10.7. The molecule has 0 saturated carbocycles. The van der Waals surface area contributed by atoms with Gasteiger partial charge in [0.25, 0.3) is 5.91 Å². The lowest BCUT2D eigenvalue weighted by atomic mass is 10.0. The van der Waals surface area contributed by atoms with Crippen LogP contribution in [0.4, 0.5) is 0 Å². The van der Waals surface area contributed by atoms with Crippen LogP contribution in [-0.4, -0.2) is 76.4 Å². The van der Waals surface area contributed by atoms with Crippen LogP contribution in [0.5, 0.6) is 11.5 Å². The van der Waals surface area contributed by atoms with Crippen molar-refractivity contribution in [2.75, 3.05) is 19.7 Å². The number of ether oxygens (including phenoxy) is 1. The molecule has 1 aromatic heterocycles. The fourth-order valence-corrected chi connectivity index (χ4v) is 5.40. The highest BCUT2D eigenvalue weighted by Gasteiger charge is 2.36. The molecule has 3 atom stereocenters. The van der Waals surface area contributed by atoms with Crippen LogP contribution in [0.25, 0.3) is 0 Å². The van der Waals surface area contributed by atoms with Crippen molar-refractivity contribution in [3.63, 3.8) is 0 Å². The molecular formula is C32H35N5O6. The number of para-hydroxylation sites is 1. The molecule has 1 fully saturated rings. The van der Waals surface area contributed by atoms with Crippen LogP contribution in [0.15, 0.2) is 72.9 Å². The Bertz CT molecular complexity index is 1450.